The number of nitrogens with one attached hydrogen (secondary N) is 1. The Labute approximate surface area is 99.7 Å². The van der Waals surface area contributed by atoms with Crippen molar-refractivity contribution in [1.82, 2.24) is 0 Å². The molecule has 1 atom stereocenters. The molecule has 0 radical (unpaired) electrons. The summed E-state index contributed by atoms with van der Waals surface area (Å²) in [5.74, 6) is -0.0576. The second-order valence-electron chi connectivity index (χ2n) is 3.44. The fourth-order valence-electron chi connectivity index (χ4n) is 1.25. The van der Waals surface area contributed by atoms with Crippen molar-refractivity contribution >= 4 is 21.4 Å². The summed E-state index contributed by atoms with van der Waals surface area (Å²) >= 11 is 0. The van der Waals surface area contributed by atoms with Crippen molar-refractivity contribution in [1.29, 1.82) is 5.26 Å². The van der Waals surface area contributed by atoms with Crippen LogP contribution in [0, 0.1) is 11.3 Å². The molecule has 0 heterocycles. The molecule has 0 aromatic heterocycles. The van der Waals surface area contributed by atoms with E-state index in [9.17, 15) is 8.42 Å². The molecule has 1 aromatic rings. The van der Waals surface area contributed by atoms with Crippen LogP contribution in [-0.4, -0.2) is 18.8 Å². The second kappa shape index (κ2) is 4.93. The molecule has 0 saturated heterocycles. The minimum absolute atomic E-state index is 0.0576. The van der Waals surface area contributed by atoms with Gasteiger partial charge < -0.3 is 10.8 Å². The van der Waals surface area contributed by atoms with Gasteiger partial charge in [0.2, 0.25) is 10.0 Å². The van der Waals surface area contributed by atoms with Gasteiger partial charge in [0.15, 0.2) is 5.25 Å². The number of phenolic OH excluding ortho intramolecular Hbond substituents is 1. The van der Waals surface area contributed by atoms with Crippen LogP contribution in [0.1, 0.15) is 13.3 Å². The van der Waals surface area contributed by atoms with Gasteiger partial charge in [0.1, 0.15) is 5.75 Å². The largest absolute Gasteiger partial charge is 0.508 e. The number of sulfonamides is 1. The number of hydrogen-bond donors (Lipinski definition) is 3. The zero-order valence-corrected chi connectivity index (χ0v) is 10.0. The highest BCUT2D eigenvalue weighted by Gasteiger charge is 2.23. The van der Waals surface area contributed by atoms with Gasteiger partial charge in [-0.25, -0.2) is 8.42 Å². The van der Waals surface area contributed by atoms with E-state index in [0.717, 1.165) is 0 Å². The van der Waals surface area contributed by atoms with Crippen molar-refractivity contribution < 1.29 is 13.5 Å². The number of phenols is 1. The van der Waals surface area contributed by atoms with Crippen LogP contribution < -0.4 is 10.5 Å². The Bertz CT molecular complexity index is 548. The monoisotopic (exact) mass is 255 g/mol. The van der Waals surface area contributed by atoms with E-state index in [1.54, 1.807) is 13.0 Å². The first kappa shape index (κ1) is 13.1. The molecule has 0 spiro atoms. The third-order valence-corrected chi connectivity index (χ3v) is 3.87. The highest BCUT2D eigenvalue weighted by Crippen LogP contribution is 2.25. The summed E-state index contributed by atoms with van der Waals surface area (Å²) in [6.45, 7) is 1.60. The molecule has 6 nitrogen and oxygen atoms in total. The lowest BCUT2D eigenvalue weighted by Crippen LogP contribution is -2.26. The predicted octanol–water partition coefficient (Wildman–Crippen LogP) is 1.02. The Morgan fingerprint density at radius 2 is 2.24 bits per heavy atom. The third-order valence-electron chi connectivity index (χ3n) is 2.18. The van der Waals surface area contributed by atoms with Crippen molar-refractivity contribution in [2.45, 2.75) is 18.6 Å². The number of hydrogen-bond acceptors (Lipinski definition) is 5. The number of nitrogens with zero attached hydrogens (tertiary/aromatic N) is 1. The molecule has 1 rings (SSSR count). The van der Waals surface area contributed by atoms with Crippen LogP contribution in [-0.2, 0) is 10.0 Å². The van der Waals surface area contributed by atoms with E-state index in [4.69, 9.17) is 16.1 Å². The summed E-state index contributed by atoms with van der Waals surface area (Å²) in [4.78, 5) is 0. The van der Waals surface area contributed by atoms with E-state index in [1.165, 1.54) is 18.2 Å². The standard InChI is InChI=1S/C10H13N3O3S/c1-2-8(6-11)17(15,16)13-10-4-3-7(14)5-9(10)12/h3-5,8,13-14H,2,12H2,1H3. The number of nitrogens with two attached hydrogens (primary N) is 1. The van der Waals surface area contributed by atoms with Crippen molar-refractivity contribution in [3.8, 4) is 11.8 Å². The molecule has 0 aliphatic heterocycles. The van der Waals surface area contributed by atoms with Crippen molar-refractivity contribution in [2.24, 2.45) is 0 Å². The van der Waals surface area contributed by atoms with E-state index < -0.39 is 15.3 Å². The first-order chi connectivity index (χ1) is 7.90. The van der Waals surface area contributed by atoms with Crippen LogP contribution in [0.4, 0.5) is 11.4 Å². The normalized spacial score (nSPS) is 12.7. The first-order valence-electron chi connectivity index (χ1n) is 4.90. The number of aromatic hydroxyl groups is 1. The van der Waals surface area contributed by atoms with E-state index >= 15 is 0 Å². The van der Waals surface area contributed by atoms with Gasteiger partial charge in [-0.15, -0.1) is 0 Å². The van der Waals surface area contributed by atoms with Gasteiger partial charge in [0, 0.05) is 6.07 Å². The fraction of sp³-hybridized carbons (Fsp3) is 0.300. The molecule has 92 valence electrons. The molecule has 7 heteroatoms. The van der Waals surface area contributed by atoms with Crippen LogP contribution in [0.25, 0.3) is 0 Å². The minimum Gasteiger partial charge on any atom is -0.508 e. The van der Waals surface area contributed by atoms with Crippen molar-refractivity contribution in [2.75, 3.05) is 10.5 Å². The Morgan fingerprint density at radius 3 is 2.71 bits per heavy atom. The van der Waals surface area contributed by atoms with Gasteiger partial charge >= 0.3 is 0 Å². The Morgan fingerprint density at radius 1 is 1.59 bits per heavy atom. The number of nitrogen functional groups attached to an aromatic ring is 1. The zero-order chi connectivity index (χ0) is 13.1. The third kappa shape index (κ3) is 3.01. The van der Waals surface area contributed by atoms with Gasteiger partial charge in [-0.1, -0.05) is 6.92 Å². The SMILES string of the molecule is CCC(C#N)S(=O)(=O)Nc1ccc(O)cc1N. The highest BCUT2D eigenvalue weighted by molar-refractivity contribution is 7.93. The van der Waals surface area contributed by atoms with Gasteiger partial charge in [0.05, 0.1) is 17.4 Å². The fourth-order valence-corrected chi connectivity index (χ4v) is 2.46. The van der Waals surface area contributed by atoms with Gasteiger partial charge in [-0.05, 0) is 18.6 Å². The smallest absolute Gasteiger partial charge is 0.249 e. The zero-order valence-electron chi connectivity index (χ0n) is 9.21. The van der Waals surface area contributed by atoms with Crippen molar-refractivity contribution in [3.05, 3.63) is 18.2 Å². The number of benzene rings is 1. The molecule has 4 N–H and O–H groups in total. The summed E-state index contributed by atoms with van der Waals surface area (Å²) in [5, 5.41) is 16.7. The number of anilines is 2. The Kier molecular flexibility index (Phi) is 3.81. The van der Waals surface area contributed by atoms with Crippen LogP contribution in [0.15, 0.2) is 18.2 Å². The average molecular weight is 255 g/mol. The molecule has 0 aliphatic rings. The van der Waals surface area contributed by atoms with Crippen LogP contribution >= 0.6 is 0 Å². The highest BCUT2D eigenvalue weighted by atomic mass is 32.2. The van der Waals surface area contributed by atoms with E-state index in [0.29, 0.717) is 0 Å². The van der Waals surface area contributed by atoms with E-state index in [-0.39, 0.29) is 23.5 Å². The average Bonchev–Trinajstić information content (AvgIpc) is 2.23. The molecule has 17 heavy (non-hydrogen) atoms. The molecule has 0 bridgehead atoms. The molecule has 0 amide bonds. The topological polar surface area (TPSA) is 116 Å². The molecule has 0 aliphatic carbocycles. The predicted molar refractivity (Wildman–Crippen MR) is 64.8 cm³/mol. The van der Waals surface area contributed by atoms with Gasteiger partial charge in [0.25, 0.3) is 0 Å². The molecule has 0 saturated carbocycles. The van der Waals surface area contributed by atoms with Crippen LogP contribution in [0.2, 0.25) is 0 Å². The van der Waals surface area contributed by atoms with Crippen LogP contribution in [0.5, 0.6) is 5.75 Å². The molecule has 1 aromatic carbocycles. The van der Waals surface area contributed by atoms with E-state index in [2.05, 4.69) is 4.72 Å². The lowest BCUT2D eigenvalue weighted by Gasteiger charge is -2.12. The molecule has 0 fully saturated rings. The maximum absolute atomic E-state index is 11.7. The lowest BCUT2D eigenvalue weighted by atomic mass is 10.2. The number of nitriles is 1. The second-order valence-corrected chi connectivity index (χ2v) is 5.31. The lowest BCUT2D eigenvalue weighted by molar-refractivity contribution is 0.475. The van der Waals surface area contributed by atoms with Crippen molar-refractivity contribution in [3.63, 3.8) is 0 Å². The Hall–Kier alpha value is -1.94. The molecule has 1 unspecified atom stereocenters. The summed E-state index contributed by atoms with van der Waals surface area (Å²) in [6.07, 6.45) is 0.184. The Balaban J connectivity index is 3.03. The number of rotatable bonds is 4. The quantitative estimate of drug-likeness (QED) is 0.548. The maximum atomic E-state index is 11.7. The van der Waals surface area contributed by atoms with Crippen LogP contribution in [0.3, 0.4) is 0 Å². The summed E-state index contributed by atoms with van der Waals surface area (Å²) in [7, 11) is -3.78. The maximum Gasteiger partial charge on any atom is 0.249 e. The van der Waals surface area contributed by atoms with Gasteiger partial charge in [-0.2, -0.15) is 5.26 Å². The summed E-state index contributed by atoms with van der Waals surface area (Å²) in [5.41, 5.74) is 5.79. The van der Waals surface area contributed by atoms with Gasteiger partial charge in [-0.3, -0.25) is 4.72 Å². The van der Waals surface area contributed by atoms with E-state index in [1.807, 2.05) is 0 Å². The summed E-state index contributed by atoms with van der Waals surface area (Å²) in [6, 6.07) is 5.58. The molecular formula is C10H13N3O3S. The minimum atomic E-state index is -3.78. The molecular weight excluding hydrogens is 242 g/mol. The first-order valence-corrected chi connectivity index (χ1v) is 6.45. The summed E-state index contributed by atoms with van der Waals surface area (Å²) < 4.78 is 25.7.